The molecule has 3 atom stereocenters. The van der Waals surface area contributed by atoms with Crippen molar-refractivity contribution in [1.29, 1.82) is 0 Å². The van der Waals surface area contributed by atoms with E-state index in [1.54, 1.807) is 0 Å². The molecule has 2 saturated heterocycles. The highest BCUT2D eigenvalue weighted by molar-refractivity contribution is 6.30. The number of para-hydroxylation sites is 1. The minimum absolute atomic E-state index is 0.391. The summed E-state index contributed by atoms with van der Waals surface area (Å²) in [5.41, 5.74) is 1.91. The first-order valence-electron chi connectivity index (χ1n) is 6.86. The Labute approximate surface area is 116 Å². The van der Waals surface area contributed by atoms with Crippen LogP contribution in [0, 0.1) is 0 Å². The van der Waals surface area contributed by atoms with Crippen LogP contribution in [0.1, 0.15) is 24.8 Å². The Morgan fingerprint density at radius 1 is 1.26 bits per heavy atom. The maximum Gasteiger partial charge on any atom is 0.199 e. The van der Waals surface area contributed by atoms with Crippen LogP contribution < -0.4 is 5.32 Å². The summed E-state index contributed by atoms with van der Waals surface area (Å²) in [6.07, 6.45) is 4.39. The van der Waals surface area contributed by atoms with Gasteiger partial charge in [0.05, 0.1) is 12.2 Å². The summed E-state index contributed by atoms with van der Waals surface area (Å²) < 4.78 is 11.4. The first-order valence-corrected chi connectivity index (χ1v) is 7.24. The van der Waals surface area contributed by atoms with Gasteiger partial charge in [0.15, 0.2) is 5.22 Å². The van der Waals surface area contributed by atoms with Crippen molar-refractivity contribution in [3.8, 4) is 0 Å². The quantitative estimate of drug-likeness (QED) is 0.932. The Hall–Kier alpha value is -1.03. The lowest BCUT2D eigenvalue weighted by atomic mass is 9.95. The zero-order valence-electron chi connectivity index (χ0n) is 10.6. The number of benzene rings is 1. The van der Waals surface area contributed by atoms with Crippen LogP contribution in [0.25, 0.3) is 11.0 Å². The minimum atomic E-state index is 0.391. The molecule has 1 N–H and O–H groups in total. The minimum Gasteiger partial charge on any atom is -0.444 e. The van der Waals surface area contributed by atoms with Gasteiger partial charge in [-0.15, -0.1) is 0 Å². The number of furan rings is 1. The van der Waals surface area contributed by atoms with E-state index < -0.39 is 0 Å². The molecule has 0 radical (unpaired) electrons. The van der Waals surface area contributed by atoms with Gasteiger partial charge in [-0.2, -0.15) is 0 Å². The largest absolute Gasteiger partial charge is 0.444 e. The summed E-state index contributed by atoms with van der Waals surface area (Å²) in [6, 6.07) is 8.44. The fraction of sp³-hybridized carbons (Fsp3) is 0.467. The lowest BCUT2D eigenvalue weighted by Crippen LogP contribution is -2.36. The van der Waals surface area contributed by atoms with Gasteiger partial charge in [-0.1, -0.05) is 18.2 Å². The first kappa shape index (κ1) is 11.8. The third-order valence-corrected chi connectivity index (χ3v) is 4.60. The Kier molecular flexibility index (Phi) is 2.79. The first-order chi connectivity index (χ1) is 9.31. The van der Waals surface area contributed by atoms with Crippen molar-refractivity contribution in [3.05, 3.63) is 35.0 Å². The van der Waals surface area contributed by atoms with Crippen molar-refractivity contribution in [1.82, 2.24) is 5.32 Å². The van der Waals surface area contributed by atoms with Crippen molar-refractivity contribution in [3.63, 3.8) is 0 Å². The van der Waals surface area contributed by atoms with Crippen molar-refractivity contribution in [2.75, 3.05) is 0 Å². The monoisotopic (exact) mass is 277 g/mol. The molecule has 4 rings (SSSR count). The summed E-state index contributed by atoms with van der Waals surface area (Å²) in [6.45, 7) is 0.743. The molecule has 0 saturated carbocycles. The average molecular weight is 278 g/mol. The highest BCUT2D eigenvalue weighted by Gasteiger charge is 2.40. The van der Waals surface area contributed by atoms with E-state index in [1.807, 2.05) is 18.2 Å². The van der Waals surface area contributed by atoms with Gasteiger partial charge in [0.2, 0.25) is 0 Å². The molecule has 100 valence electrons. The summed E-state index contributed by atoms with van der Waals surface area (Å²) >= 11 is 6.19. The molecule has 0 amide bonds. The van der Waals surface area contributed by atoms with Crippen LogP contribution >= 0.6 is 11.6 Å². The standard InChI is InChI=1S/C15H16ClNO2/c16-15-11(10-3-1-2-4-13(10)19-15)8-17-12-7-9-5-6-14(12)18-9/h1-4,9,12,14,17H,5-8H2. The number of hydrogen-bond donors (Lipinski definition) is 1. The zero-order chi connectivity index (χ0) is 12.8. The highest BCUT2D eigenvalue weighted by Crippen LogP contribution is 2.35. The molecule has 3 unspecified atom stereocenters. The lowest BCUT2D eigenvalue weighted by Gasteiger charge is -2.19. The fourth-order valence-electron chi connectivity index (χ4n) is 3.32. The van der Waals surface area contributed by atoms with Crippen LogP contribution in [-0.4, -0.2) is 18.2 Å². The summed E-state index contributed by atoms with van der Waals surface area (Å²) in [7, 11) is 0. The van der Waals surface area contributed by atoms with Gasteiger partial charge in [-0.25, -0.2) is 0 Å². The molecule has 3 nitrogen and oxygen atoms in total. The van der Waals surface area contributed by atoms with E-state index in [9.17, 15) is 0 Å². The molecule has 2 aromatic rings. The molecular weight excluding hydrogens is 262 g/mol. The molecule has 3 heterocycles. The van der Waals surface area contributed by atoms with E-state index in [0.717, 1.165) is 29.5 Å². The number of hydrogen-bond acceptors (Lipinski definition) is 3. The Morgan fingerprint density at radius 2 is 2.16 bits per heavy atom. The van der Waals surface area contributed by atoms with E-state index in [1.165, 1.54) is 12.8 Å². The Balaban J connectivity index is 1.54. The molecule has 2 aliphatic rings. The van der Waals surface area contributed by atoms with Crippen LogP contribution in [0.3, 0.4) is 0 Å². The van der Waals surface area contributed by atoms with E-state index in [2.05, 4.69) is 11.4 Å². The third-order valence-electron chi connectivity index (χ3n) is 4.30. The summed E-state index contributed by atoms with van der Waals surface area (Å²) in [5, 5.41) is 5.18. The molecule has 2 fully saturated rings. The second kappa shape index (κ2) is 4.51. The van der Waals surface area contributed by atoms with Crippen LogP contribution in [0.4, 0.5) is 0 Å². The molecular formula is C15H16ClNO2. The number of halogens is 1. The number of rotatable bonds is 3. The number of ether oxygens (including phenoxy) is 1. The summed E-state index contributed by atoms with van der Waals surface area (Å²) in [5.74, 6) is 0. The normalized spacial score (nSPS) is 29.4. The van der Waals surface area contributed by atoms with Crippen molar-refractivity contribution >= 4 is 22.6 Å². The fourth-order valence-corrected chi connectivity index (χ4v) is 3.57. The smallest absolute Gasteiger partial charge is 0.199 e. The topological polar surface area (TPSA) is 34.4 Å². The zero-order valence-corrected chi connectivity index (χ0v) is 11.3. The van der Waals surface area contributed by atoms with Crippen LogP contribution in [0.2, 0.25) is 5.22 Å². The number of fused-ring (bicyclic) bond motifs is 3. The van der Waals surface area contributed by atoms with E-state index in [4.69, 9.17) is 20.8 Å². The van der Waals surface area contributed by atoms with Crippen molar-refractivity contribution in [2.24, 2.45) is 0 Å². The second-order valence-electron chi connectivity index (χ2n) is 5.45. The molecule has 1 aromatic heterocycles. The average Bonchev–Trinajstić information content (AvgIpc) is 3.09. The SMILES string of the molecule is Clc1oc2ccccc2c1CNC1CC2CCC1O2. The molecule has 4 heteroatoms. The van der Waals surface area contributed by atoms with Crippen molar-refractivity contribution < 1.29 is 9.15 Å². The molecule has 19 heavy (non-hydrogen) atoms. The van der Waals surface area contributed by atoms with Crippen molar-refractivity contribution in [2.45, 2.75) is 44.1 Å². The van der Waals surface area contributed by atoms with Gasteiger partial charge >= 0.3 is 0 Å². The lowest BCUT2D eigenvalue weighted by molar-refractivity contribution is 0.0973. The highest BCUT2D eigenvalue weighted by atomic mass is 35.5. The number of nitrogens with one attached hydrogen (secondary N) is 1. The molecule has 0 spiro atoms. The third kappa shape index (κ3) is 1.97. The Morgan fingerprint density at radius 3 is 2.95 bits per heavy atom. The van der Waals surface area contributed by atoms with Gasteiger partial charge in [0.25, 0.3) is 0 Å². The van der Waals surface area contributed by atoms with Gasteiger partial charge in [0, 0.05) is 23.5 Å². The maximum atomic E-state index is 6.19. The van der Waals surface area contributed by atoms with Gasteiger partial charge in [-0.3, -0.25) is 0 Å². The van der Waals surface area contributed by atoms with E-state index in [0.29, 0.717) is 23.5 Å². The maximum absolute atomic E-state index is 6.19. The molecule has 1 aromatic carbocycles. The Bertz CT molecular complexity index is 609. The van der Waals surface area contributed by atoms with E-state index in [-0.39, 0.29) is 0 Å². The van der Waals surface area contributed by atoms with Crippen LogP contribution in [0.5, 0.6) is 0 Å². The second-order valence-corrected chi connectivity index (χ2v) is 5.79. The van der Waals surface area contributed by atoms with Crippen LogP contribution in [-0.2, 0) is 11.3 Å². The molecule has 0 aliphatic carbocycles. The molecule has 2 aliphatic heterocycles. The molecule has 2 bridgehead atoms. The van der Waals surface area contributed by atoms with E-state index >= 15 is 0 Å². The summed E-state index contributed by atoms with van der Waals surface area (Å²) in [4.78, 5) is 0. The predicted molar refractivity (Wildman–Crippen MR) is 74.4 cm³/mol. The van der Waals surface area contributed by atoms with Gasteiger partial charge < -0.3 is 14.5 Å². The van der Waals surface area contributed by atoms with Gasteiger partial charge in [-0.05, 0) is 36.9 Å². The van der Waals surface area contributed by atoms with Crippen LogP contribution in [0.15, 0.2) is 28.7 Å². The predicted octanol–water partition coefficient (Wildman–Crippen LogP) is 3.50. The van der Waals surface area contributed by atoms with Gasteiger partial charge in [0.1, 0.15) is 5.58 Å².